The Morgan fingerprint density at radius 1 is 1.17 bits per heavy atom. The number of aromatic nitrogens is 1. The molecule has 1 aliphatic rings. The van der Waals surface area contributed by atoms with Crippen molar-refractivity contribution in [1.82, 2.24) is 9.88 Å². The van der Waals surface area contributed by atoms with Gasteiger partial charge < -0.3 is 9.64 Å². The van der Waals surface area contributed by atoms with E-state index < -0.39 is 5.60 Å². The predicted octanol–water partition coefficient (Wildman–Crippen LogP) is 4.65. The molecule has 0 aliphatic carbocycles. The van der Waals surface area contributed by atoms with Gasteiger partial charge in [0.1, 0.15) is 5.60 Å². The highest BCUT2D eigenvalue weighted by Crippen LogP contribution is 2.24. The number of ether oxygens (including phenoxy) is 1. The maximum atomic E-state index is 12.1. The number of hydrogen-bond donors (Lipinski definition) is 0. The minimum atomic E-state index is -0.443. The molecule has 0 N–H and O–H groups in total. The van der Waals surface area contributed by atoms with Crippen LogP contribution in [0.25, 0.3) is 17.0 Å². The second kappa shape index (κ2) is 6.63. The van der Waals surface area contributed by atoms with Gasteiger partial charge >= 0.3 is 6.09 Å². The number of piperidine rings is 1. The first kappa shape index (κ1) is 16.5. The third-order valence-electron chi connectivity index (χ3n) is 4.08. The standard InChI is InChI=1S/C20H24N2O2/c1-20(2,3)24-19(23)22-12-9-15(10-13-22)14-17-7-4-6-16-8-5-11-21-18(16)17/h4-8,11,14H,9-10,12-13H2,1-3H3. The van der Waals surface area contributed by atoms with Crippen LogP contribution in [0.2, 0.25) is 0 Å². The summed E-state index contributed by atoms with van der Waals surface area (Å²) in [5, 5.41) is 1.15. The summed E-state index contributed by atoms with van der Waals surface area (Å²) in [6, 6.07) is 10.3. The molecule has 1 saturated heterocycles. The Kier molecular flexibility index (Phi) is 4.56. The second-order valence-corrected chi connectivity index (χ2v) is 7.19. The van der Waals surface area contributed by atoms with Crippen molar-refractivity contribution in [3.63, 3.8) is 0 Å². The lowest BCUT2D eigenvalue weighted by Gasteiger charge is -2.31. The summed E-state index contributed by atoms with van der Waals surface area (Å²) < 4.78 is 5.45. The van der Waals surface area contributed by atoms with Crippen LogP contribution in [0.5, 0.6) is 0 Å². The van der Waals surface area contributed by atoms with Crippen molar-refractivity contribution in [1.29, 1.82) is 0 Å². The van der Waals surface area contributed by atoms with E-state index in [0.717, 1.165) is 29.3 Å². The lowest BCUT2D eigenvalue weighted by Crippen LogP contribution is -2.40. The number of benzene rings is 1. The van der Waals surface area contributed by atoms with Crippen LogP contribution in [0.3, 0.4) is 0 Å². The quantitative estimate of drug-likeness (QED) is 0.767. The number of hydrogen-bond acceptors (Lipinski definition) is 3. The number of rotatable bonds is 1. The molecule has 4 nitrogen and oxygen atoms in total. The Morgan fingerprint density at radius 2 is 1.88 bits per heavy atom. The number of para-hydroxylation sites is 1. The topological polar surface area (TPSA) is 42.4 Å². The van der Waals surface area contributed by atoms with Crippen molar-refractivity contribution in [3.05, 3.63) is 47.7 Å². The van der Waals surface area contributed by atoms with Gasteiger partial charge in [0.25, 0.3) is 0 Å². The monoisotopic (exact) mass is 324 g/mol. The maximum Gasteiger partial charge on any atom is 0.410 e. The fraction of sp³-hybridized carbons (Fsp3) is 0.400. The van der Waals surface area contributed by atoms with Gasteiger partial charge in [0.05, 0.1) is 5.52 Å². The lowest BCUT2D eigenvalue weighted by molar-refractivity contribution is 0.0237. The predicted molar refractivity (Wildman–Crippen MR) is 96.8 cm³/mol. The number of carbonyl (C=O) groups is 1. The van der Waals surface area contributed by atoms with E-state index in [1.54, 1.807) is 4.90 Å². The van der Waals surface area contributed by atoms with Crippen molar-refractivity contribution in [2.24, 2.45) is 0 Å². The van der Waals surface area contributed by atoms with Gasteiger partial charge in [0.2, 0.25) is 0 Å². The van der Waals surface area contributed by atoms with Gasteiger partial charge in [-0.1, -0.05) is 35.9 Å². The molecule has 1 aromatic heterocycles. The molecule has 1 fully saturated rings. The average Bonchev–Trinajstić information content (AvgIpc) is 2.54. The van der Waals surface area contributed by atoms with Crippen LogP contribution >= 0.6 is 0 Å². The summed E-state index contributed by atoms with van der Waals surface area (Å²) in [4.78, 5) is 18.4. The summed E-state index contributed by atoms with van der Waals surface area (Å²) in [6.45, 7) is 7.10. The van der Waals surface area contributed by atoms with Crippen LogP contribution < -0.4 is 0 Å². The number of pyridine rings is 1. The van der Waals surface area contributed by atoms with E-state index in [9.17, 15) is 4.79 Å². The molecular weight excluding hydrogens is 300 g/mol. The molecule has 0 atom stereocenters. The fourth-order valence-corrected chi connectivity index (χ4v) is 2.91. The molecule has 1 aromatic carbocycles. The van der Waals surface area contributed by atoms with E-state index in [4.69, 9.17) is 4.74 Å². The Labute approximate surface area is 143 Å². The van der Waals surface area contributed by atoms with Crippen LogP contribution in [-0.4, -0.2) is 34.7 Å². The minimum Gasteiger partial charge on any atom is -0.444 e. The van der Waals surface area contributed by atoms with Gasteiger partial charge in [-0.05, 0) is 39.7 Å². The van der Waals surface area contributed by atoms with Gasteiger partial charge in [0.15, 0.2) is 0 Å². The van der Waals surface area contributed by atoms with Crippen molar-refractivity contribution < 1.29 is 9.53 Å². The van der Waals surface area contributed by atoms with E-state index in [1.165, 1.54) is 5.57 Å². The first-order valence-corrected chi connectivity index (χ1v) is 8.43. The van der Waals surface area contributed by atoms with Crippen LogP contribution in [0.15, 0.2) is 42.1 Å². The fourth-order valence-electron chi connectivity index (χ4n) is 2.91. The summed E-state index contributed by atoms with van der Waals surface area (Å²) in [5.74, 6) is 0. The number of fused-ring (bicyclic) bond motifs is 1. The number of carbonyl (C=O) groups excluding carboxylic acids is 1. The first-order valence-electron chi connectivity index (χ1n) is 8.43. The van der Waals surface area contributed by atoms with Crippen LogP contribution in [0.1, 0.15) is 39.2 Å². The zero-order valence-corrected chi connectivity index (χ0v) is 14.6. The molecule has 0 spiro atoms. The normalized spacial score (nSPS) is 15.5. The zero-order chi connectivity index (χ0) is 17.2. The van der Waals surface area contributed by atoms with Crippen molar-refractivity contribution in [3.8, 4) is 0 Å². The minimum absolute atomic E-state index is 0.214. The highest BCUT2D eigenvalue weighted by atomic mass is 16.6. The summed E-state index contributed by atoms with van der Waals surface area (Å²) in [7, 11) is 0. The Hall–Kier alpha value is -2.36. The van der Waals surface area contributed by atoms with Crippen LogP contribution in [0.4, 0.5) is 4.79 Å². The largest absolute Gasteiger partial charge is 0.444 e. The molecule has 24 heavy (non-hydrogen) atoms. The maximum absolute atomic E-state index is 12.1. The third-order valence-corrected chi connectivity index (χ3v) is 4.08. The zero-order valence-electron chi connectivity index (χ0n) is 14.6. The van der Waals surface area contributed by atoms with Gasteiger partial charge in [0, 0.05) is 30.2 Å². The Bertz CT molecular complexity index is 759. The van der Waals surface area contributed by atoms with Gasteiger partial charge in [-0.3, -0.25) is 4.98 Å². The van der Waals surface area contributed by atoms with Gasteiger partial charge in [-0.2, -0.15) is 0 Å². The average molecular weight is 324 g/mol. The molecule has 2 heterocycles. The molecule has 1 amide bonds. The molecule has 2 aromatic rings. The van der Waals surface area contributed by atoms with Crippen LogP contribution in [0, 0.1) is 0 Å². The first-order chi connectivity index (χ1) is 11.4. The molecule has 3 rings (SSSR count). The van der Waals surface area contributed by atoms with Crippen molar-refractivity contribution in [2.45, 2.75) is 39.2 Å². The molecule has 0 bridgehead atoms. The van der Waals surface area contributed by atoms with Crippen LogP contribution in [-0.2, 0) is 4.74 Å². The van der Waals surface area contributed by atoms with E-state index in [1.807, 2.05) is 33.0 Å². The Balaban J connectivity index is 1.70. The molecule has 1 aliphatic heterocycles. The smallest absolute Gasteiger partial charge is 0.410 e. The van der Waals surface area contributed by atoms with E-state index in [0.29, 0.717) is 13.1 Å². The molecule has 0 radical (unpaired) electrons. The molecule has 126 valence electrons. The highest BCUT2D eigenvalue weighted by molar-refractivity contribution is 5.87. The SMILES string of the molecule is CC(C)(C)OC(=O)N1CCC(=Cc2cccc3cccnc23)CC1. The highest BCUT2D eigenvalue weighted by Gasteiger charge is 2.24. The molecule has 0 unspecified atom stereocenters. The molecule has 0 saturated carbocycles. The van der Waals surface area contributed by atoms with E-state index >= 15 is 0 Å². The Morgan fingerprint density at radius 3 is 2.58 bits per heavy atom. The molecule has 4 heteroatoms. The summed E-state index contributed by atoms with van der Waals surface area (Å²) in [6.07, 6.45) is 5.59. The summed E-state index contributed by atoms with van der Waals surface area (Å²) >= 11 is 0. The van der Waals surface area contributed by atoms with E-state index in [2.05, 4.69) is 35.3 Å². The van der Waals surface area contributed by atoms with Crippen molar-refractivity contribution >= 4 is 23.1 Å². The number of likely N-dealkylation sites (tertiary alicyclic amines) is 1. The van der Waals surface area contributed by atoms with E-state index in [-0.39, 0.29) is 6.09 Å². The van der Waals surface area contributed by atoms with Gasteiger partial charge in [-0.15, -0.1) is 0 Å². The lowest BCUT2D eigenvalue weighted by atomic mass is 10.00. The third kappa shape index (κ3) is 3.94. The van der Waals surface area contributed by atoms with Gasteiger partial charge in [-0.25, -0.2) is 4.79 Å². The number of nitrogens with zero attached hydrogens (tertiary/aromatic N) is 2. The number of amides is 1. The summed E-state index contributed by atoms with van der Waals surface area (Å²) in [5.41, 5.74) is 3.09. The second-order valence-electron chi connectivity index (χ2n) is 7.19. The molecular formula is C20H24N2O2. The van der Waals surface area contributed by atoms with Crippen molar-refractivity contribution in [2.75, 3.05) is 13.1 Å².